The zero-order valence-corrected chi connectivity index (χ0v) is 17.7. The van der Waals surface area contributed by atoms with Gasteiger partial charge in [0.1, 0.15) is 12.7 Å². The molecular weight excluding hydrogens is 413 g/mol. The van der Waals surface area contributed by atoms with Crippen LogP contribution in [0.3, 0.4) is 0 Å². The fourth-order valence-electron chi connectivity index (χ4n) is 3.49. The van der Waals surface area contributed by atoms with E-state index in [0.29, 0.717) is 29.6 Å². The minimum absolute atomic E-state index is 0.0171. The molecule has 0 spiro atoms. The zero-order chi connectivity index (χ0) is 20.8. The second kappa shape index (κ2) is 10.1. The second-order valence-corrected chi connectivity index (χ2v) is 7.65. The van der Waals surface area contributed by atoms with E-state index < -0.39 is 0 Å². The molecule has 1 saturated heterocycles. The maximum atomic E-state index is 12.7. The van der Waals surface area contributed by atoms with Gasteiger partial charge in [0.2, 0.25) is 5.91 Å². The number of rotatable bonds is 7. The first-order valence-electron chi connectivity index (χ1n) is 9.57. The summed E-state index contributed by atoms with van der Waals surface area (Å²) in [4.78, 5) is 26.2. The Kier molecular flexibility index (Phi) is 7.53. The third kappa shape index (κ3) is 5.50. The fourth-order valence-corrected chi connectivity index (χ4v) is 3.74. The van der Waals surface area contributed by atoms with Crippen molar-refractivity contribution in [1.82, 2.24) is 4.90 Å². The highest BCUT2D eigenvalue weighted by Gasteiger charge is 2.38. The molecule has 0 bridgehead atoms. The quantitative estimate of drug-likeness (QED) is 0.575. The van der Waals surface area contributed by atoms with Crippen LogP contribution in [0.15, 0.2) is 48.5 Å². The molecule has 2 unspecified atom stereocenters. The SMILES string of the molecule is CCOC(=O)CCCN1C(=O)COC(c2ccc(Cl)cc2)C1c1ccc(Cl)cc1. The average Bonchev–Trinajstić information content (AvgIpc) is 2.71. The molecule has 7 heteroatoms. The summed E-state index contributed by atoms with van der Waals surface area (Å²) in [5.74, 6) is -0.371. The molecule has 2 atom stereocenters. The number of benzene rings is 2. The first kappa shape index (κ1) is 21.6. The summed E-state index contributed by atoms with van der Waals surface area (Å²) < 4.78 is 10.9. The molecule has 0 aliphatic carbocycles. The van der Waals surface area contributed by atoms with E-state index in [1.165, 1.54) is 0 Å². The van der Waals surface area contributed by atoms with Gasteiger partial charge in [-0.3, -0.25) is 9.59 Å². The Bertz CT molecular complexity index is 839. The molecular formula is C22H23Cl2NO4. The lowest BCUT2D eigenvalue weighted by atomic mass is 9.92. The minimum atomic E-state index is -0.353. The van der Waals surface area contributed by atoms with Crippen molar-refractivity contribution in [2.75, 3.05) is 19.8 Å². The fraction of sp³-hybridized carbons (Fsp3) is 0.364. The number of morpholine rings is 1. The van der Waals surface area contributed by atoms with Crippen molar-refractivity contribution in [1.29, 1.82) is 0 Å². The van der Waals surface area contributed by atoms with Crippen LogP contribution >= 0.6 is 23.2 Å². The van der Waals surface area contributed by atoms with Crippen molar-refractivity contribution < 1.29 is 19.1 Å². The predicted molar refractivity (Wildman–Crippen MR) is 112 cm³/mol. The van der Waals surface area contributed by atoms with Gasteiger partial charge < -0.3 is 14.4 Å². The molecule has 1 aliphatic heterocycles. The Morgan fingerprint density at radius 2 is 1.66 bits per heavy atom. The van der Waals surface area contributed by atoms with Gasteiger partial charge in [0.25, 0.3) is 0 Å². The topological polar surface area (TPSA) is 55.8 Å². The first-order valence-corrected chi connectivity index (χ1v) is 10.3. The van der Waals surface area contributed by atoms with E-state index in [4.69, 9.17) is 32.7 Å². The molecule has 0 radical (unpaired) electrons. The van der Waals surface area contributed by atoms with Crippen LogP contribution in [-0.4, -0.2) is 36.5 Å². The molecule has 0 N–H and O–H groups in total. The number of carbonyl (C=O) groups is 2. The summed E-state index contributed by atoms with van der Waals surface area (Å²) in [5.41, 5.74) is 1.84. The molecule has 2 aromatic rings. The van der Waals surface area contributed by atoms with E-state index in [0.717, 1.165) is 11.1 Å². The van der Waals surface area contributed by atoms with Gasteiger partial charge in [0.15, 0.2) is 0 Å². The van der Waals surface area contributed by atoms with Gasteiger partial charge in [0.05, 0.1) is 12.6 Å². The number of esters is 1. The van der Waals surface area contributed by atoms with Crippen LogP contribution in [0.2, 0.25) is 10.0 Å². The summed E-state index contributed by atoms with van der Waals surface area (Å²) in [7, 11) is 0. The molecule has 1 fully saturated rings. The Morgan fingerprint density at radius 3 is 2.24 bits per heavy atom. The minimum Gasteiger partial charge on any atom is -0.466 e. The van der Waals surface area contributed by atoms with E-state index in [9.17, 15) is 9.59 Å². The predicted octanol–water partition coefficient (Wildman–Crippen LogP) is 4.98. The molecule has 1 aliphatic rings. The smallest absolute Gasteiger partial charge is 0.305 e. The number of amides is 1. The molecule has 2 aromatic carbocycles. The maximum Gasteiger partial charge on any atom is 0.305 e. The number of hydrogen-bond acceptors (Lipinski definition) is 4. The summed E-state index contributed by atoms with van der Waals surface area (Å²) in [5, 5.41) is 1.25. The average molecular weight is 436 g/mol. The van der Waals surface area contributed by atoms with Crippen LogP contribution < -0.4 is 0 Å². The number of hydrogen-bond donors (Lipinski definition) is 0. The lowest BCUT2D eigenvalue weighted by Crippen LogP contribution is -2.46. The maximum absolute atomic E-state index is 12.7. The van der Waals surface area contributed by atoms with Crippen LogP contribution in [0, 0.1) is 0 Å². The number of halogens is 2. The summed E-state index contributed by atoms with van der Waals surface area (Å²) in [6, 6.07) is 14.5. The second-order valence-electron chi connectivity index (χ2n) is 6.78. The van der Waals surface area contributed by atoms with Gasteiger partial charge in [-0.1, -0.05) is 47.5 Å². The van der Waals surface area contributed by atoms with Gasteiger partial charge in [-0.25, -0.2) is 0 Å². The molecule has 1 heterocycles. The molecule has 3 rings (SSSR count). The zero-order valence-electron chi connectivity index (χ0n) is 16.1. The van der Waals surface area contributed by atoms with Crippen molar-refractivity contribution in [2.45, 2.75) is 31.9 Å². The van der Waals surface area contributed by atoms with Crippen LogP contribution in [-0.2, 0) is 19.1 Å². The largest absolute Gasteiger partial charge is 0.466 e. The molecule has 1 amide bonds. The lowest BCUT2D eigenvalue weighted by Gasteiger charge is -2.41. The monoisotopic (exact) mass is 435 g/mol. The van der Waals surface area contributed by atoms with E-state index >= 15 is 0 Å². The van der Waals surface area contributed by atoms with Crippen LogP contribution in [0.25, 0.3) is 0 Å². The van der Waals surface area contributed by atoms with Crippen molar-refractivity contribution in [3.8, 4) is 0 Å². The molecule has 29 heavy (non-hydrogen) atoms. The molecule has 154 valence electrons. The Morgan fingerprint density at radius 1 is 1.07 bits per heavy atom. The summed E-state index contributed by atoms with van der Waals surface area (Å²) in [6.07, 6.45) is 0.424. The van der Waals surface area contributed by atoms with Crippen LogP contribution in [0.1, 0.15) is 43.0 Å². The van der Waals surface area contributed by atoms with E-state index in [1.54, 1.807) is 36.1 Å². The Hall–Kier alpha value is -2.08. The van der Waals surface area contributed by atoms with Gasteiger partial charge >= 0.3 is 5.97 Å². The Balaban J connectivity index is 1.88. The van der Waals surface area contributed by atoms with Crippen molar-refractivity contribution in [2.24, 2.45) is 0 Å². The summed E-state index contributed by atoms with van der Waals surface area (Å²) >= 11 is 12.1. The molecule has 0 saturated carbocycles. The van der Waals surface area contributed by atoms with Crippen molar-refractivity contribution >= 4 is 35.1 Å². The van der Waals surface area contributed by atoms with Gasteiger partial charge in [-0.15, -0.1) is 0 Å². The first-order chi connectivity index (χ1) is 14.0. The van der Waals surface area contributed by atoms with Crippen LogP contribution in [0.5, 0.6) is 0 Å². The third-order valence-corrected chi connectivity index (χ3v) is 5.33. The highest BCUT2D eigenvalue weighted by Crippen LogP contribution is 2.40. The third-order valence-electron chi connectivity index (χ3n) is 4.82. The van der Waals surface area contributed by atoms with Gasteiger partial charge in [0, 0.05) is 23.0 Å². The number of ether oxygens (including phenoxy) is 2. The molecule has 5 nitrogen and oxygen atoms in total. The lowest BCUT2D eigenvalue weighted by molar-refractivity contribution is -0.159. The van der Waals surface area contributed by atoms with Crippen molar-refractivity contribution in [3.05, 3.63) is 69.7 Å². The van der Waals surface area contributed by atoms with Gasteiger partial charge in [-0.2, -0.15) is 0 Å². The number of carbonyl (C=O) groups excluding carboxylic acids is 2. The van der Waals surface area contributed by atoms with E-state index in [-0.39, 0.29) is 37.0 Å². The summed E-state index contributed by atoms with van der Waals surface area (Å²) in [6.45, 7) is 2.53. The standard InChI is InChI=1S/C22H23Cl2NO4/c1-2-28-20(27)4-3-13-25-19(26)14-29-22(16-7-11-18(24)12-8-16)21(25)15-5-9-17(23)10-6-15/h5-12,21-22H,2-4,13-14H2,1H3. The van der Waals surface area contributed by atoms with Crippen molar-refractivity contribution in [3.63, 3.8) is 0 Å². The highest BCUT2D eigenvalue weighted by molar-refractivity contribution is 6.30. The highest BCUT2D eigenvalue weighted by atomic mass is 35.5. The Labute approximate surface area is 180 Å². The van der Waals surface area contributed by atoms with E-state index in [2.05, 4.69) is 0 Å². The van der Waals surface area contributed by atoms with Crippen LogP contribution in [0.4, 0.5) is 0 Å². The van der Waals surface area contributed by atoms with Gasteiger partial charge in [-0.05, 0) is 48.7 Å². The van der Waals surface area contributed by atoms with E-state index in [1.807, 2.05) is 24.3 Å². The number of nitrogens with zero attached hydrogens (tertiary/aromatic N) is 1. The molecule has 0 aromatic heterocycles. The normalized spacial score (nSPS) is 19.3.